The van der Waals surface area contributed by atoms with E-state index in [2.05, 4.69) is 31.7 Å². The minimum absolute atomic E-state index is 0.145. The Hall–Kier alpha value is -1.58. The molecule has 1 saturated heterocycles. The summed E-state index contributed by atoms with van der Waals surface area (Å²) in [6.45, 7) is 8.97. The van der Waals surface area contributed by atoms with Crippen LogP contribution in [0, 0.1) is 16.7 Å². The van der Waals surface area contributed by atoms with Crippen LogP contribution in [0.3, 0.4) is 0 Å². The molecule has 0 spiro atoms. The second-order valence-corrected chi connectivity index (χ2v) is 7.53. The number of amidine groups is 1. The molecular formula is C17H26N4. The molecule has 1 aliphatic heterocycles. The molecular weight excluding hydrogens is 260 g/mol. The Kier molecular flexibility index (Phi) is 3.42. The molecule has 1 aromatic rings. The largest absolute Gasteiger partial charge is 0.384 e. The molecule has 4 nitrogen and oxygen atoms in total. The van der Waals surface area contributed by atoms with E-state index in [0.717, 1.165) is 37.3 Å². The van der Waals surface area contributed by atoms with E-state index in [0.29, 0.717) is 11.3 Å². The highest BCUT2D eigenvalue weighted by Gasteiger charge is 2.33. The quantitative estimate of drug-likeness (QED) is 0.649. The highest BCUT2D eigenvalue weighted by Crippen LogP contribution is 2.37. The number of anilines is 1. The van der Waals surface area contributed by atoms with Crippen LogP contribution in [0.25, 0.3) is 0 Å². The topological polar surface area (TPSA) is 66.0 Å². The van der Waals surface area contributed by atoms with E-state index in [1.54, 1.807) is 0 Å². The van der Waals surface area contributed by atoms with Gasteiger partial charge in [-0.25, -0.2) is 4.98 Å². The van der Waals surface area contributed by atoms with E-state index >= 15 is 0 Å². The Bertz CT molecular complexity index is 571. The summed E-state index contributed by atoms with van der Waals surface area (Å²) in [4.78, 5) is 7.22. The first kappa shape index (κ1) is 14.4. The molecule has 3 rings (SSSR count). The highest BCUT2D eigenvalue weighted by molar-refractivity contribution is 6.00. The summed E-state index contributed by atoms with van der Waals surface area (Å²) in [7, 11) is 0. The van der Waals surface area contributed by atoms with Crippen LogP contribution >= 0.6 is 0 Å². The predicted molar refractivity (Wildman–Crippen MR) is 87.1 cm³/mol. The van der Waals surface area contributed by atoms with Gasteiger partial charge >= 0.3 is 0 Å². The lowest BCUT2D eigenvalue weighted by atomic mass is 9.80. The number of hydrogen-bond donors (Lipinski definition) is 2. The van der Waals surface area contributed by atoms with Crippen LogP contribution in [0.2, 0.25) is 0 Å². The van der Waals surface area contributed by atoms with Crippen molar-refractivity contribution >= 4 is 11.7 Å². The summed E-state index contributed by atoms with van der Waals surface area (Å²) >= 11 is 0. The van der Waals surface area contributed by atoms with Gasteiger partial charge in [-0.3, -0.25) is 5.41 Å². The van der Waals surface area contributed by atoms with Gasteiger partial charge in [-0.15, -0.1) is 0 Å². The van der Waals surface area contributed by atoms with Crippen molar-refractivity contribution in [3.63, 3.8) is 0 Å². The fraction of sp³-hybridized carbons (Fsp3) is 0.647. The van der Waals surface area contributed by atoms with Crippen molar-refractivity contribution in [2.45, 2.75) is 46.5 Å². The standard InChI is InChI=1S/C17H26N4/c1-17(2,3)12-7-8-21(10-12)16-13(15(18)19)9-11-5-4-6-14(11)20-16/h9,12H,4-8,10H2,1-3H3,(H3,18,19). The van der Waals surface area contributed by atoms with E-state index in [9.17, 15) is 0 Å². The number of aromatic nitrogens is 1. The van der Waals surface area contributed by atoms with E-state index < -0.39 is 0 Å². The van der Waals surface area contributed by atoms with E-state index in [4.69, 9.17) is 16.1 Å². The van der Waals surface area contributed by atoms with Gasteiger partial charge in [0.25, 0.3) is 0 Å². The van der Waals surface area contributed by atoms with Crippen molar-refractivity contribution < 1.29 is 0 Å². The zero-order valence-corrected chi connectivity index (χ0v) is 13.4. The fourth-order valence-electron chi connectivity index (χ4n) is 3.56. The van der Waals surface area contributed by atoms with Gasteiger partial charge in [0, 0.05) is 18.8 Å². The Morgan fingerprint density at radius 3 is 2.76 bits per heavy atom. The van der Waals surface area contributed by atoms with Gasteiger partial charge in [0.1, 0.15) is 11.7 Å². The van der Waals surface area contributed by atoms with Crippen molar-refractivity contribution in [1.82, 2.24) is 4.98 Å². The predicted octanol–water partition coefficient (Wildman–Crippen LogP) is 2.73. The molecule has 21 heavy (non-hydrogen) atoms. The number of nitrogens with one attached hydrogen (secondary N) is 1. The third-order valence-electron chi connectivity index (χ3n) is 5.03. The monoisotopic (exact) mass is 286 g/mol. The van der Waals surface area contributed by atoms with Crippen LogP contribution < -0.4 is 10.6 Å². The molecule has 1 unspecified atom stereocenters. The zero-order valence-electron chi connectivity index (χ0n) is 13.4. The summed E-state index contributed by atoms with van der Waals surface area (Å²) in [6, 6.07) is 2.11. The second-order valence-electron chi connectivity index (χ2n) is 7.53. The number of nitrogen functional groups attached to an aromatic ring is 1. The van der Waals surface area contributed by atoms with Crippen LogP contribution in [0.15, 0.2) is 6.07 Å². The first-order chi connectivity index (χ1) is 9.86. The van der Waals surface area contributed by atoms with Gasteiger partial charge < -0.3 is 10.6 Å². The number of fused-ring (bicyclic) bond motifs is 1. The Labute approximate surface area is 127 Å². The lowest BCUT2D eigenvalue weighted by molar-refractivity contribution is 0.263. The Morgan fingerprint density at radius 1 is 1.38 bits per heavy atom. The van der Waals surface area contributed by atoms with Crippen molar-refractivity contribution in [2.24, 2.45) is 17.1 Å². The molecule has 114 valence electrons. The molecule has 2 heterocycles. The number of aryl methyl sites for hydroxylation is 2. The summed E-state index contributed by atoms with van der Waals surface area (Å²) in [5.41, 5.74) is 9.46. The molecule has 0 saturated carbocycles. The fourth-order valence-corrected chi connectivity index (χ4v) is 3.56. The van der Waals surface area contributed by atoms with E-state index in [-0.39, 0.29) is 5.84 Å². The number of pyridine rings is 1. The SMILES string of the molecule is CC(C)(C)C1CCN(c2nc3c(cc2C(=N)N)CCC3)C1. The van der Waals surface area contributed by atoms with Gasteiger partial charge in [0.15, 0.2) is 0 Å². The summed E-state index contributed by atoms with van der Waals surface area (Å²) in [5, 5.41) is 7.89. The van der Waals surface area contributed by atoms with Gasteiger partial charge in [0.2, 0.25) is 0 Å². The molecule has 0 bridgehead atoms. The highest BCUT2D eigenvalue weighted by atomic mass is 15.2. The zero-order chi connectivity index (χ0) is 15.2. The van der Waals surface area contributed by atoms with Crippen LogP contribution in [-0.2, 0) is 12.8 Å². The minimum atomic E-state index is 0.145. The molecule has 0 radical (unpaired) electrons. The molecule has 1 atom stereocenters. The van der Waals surface area contributed by atoms with Gasteiger partial charge in [-0.2, -0.15) is 0 Å². The van der Waals surface area contributed by atoms with Crippen molar-refractivity contribution in [3.05, 3.63) is 22.9 Å². The number of nitrogens with two attached hydrogens (primary N) is 1. The van der Waals surface area contributed by atoms with Crippen molar-refractivity contribution in [2.75, 3.05) is 18.0 Å². The molecule has 3 N–H and O–H groups in total. The molecule has 0 aromatic carbocycles. The maximum Gasteiger partial charge on any atom is 0.139 e. The van der Waals surface area contributed by atoms with Gasteiger partial charge in [-0.1, -0.05) is 20.8 Å². The summed E-state index contributed by atoms with van der Waals surface area (Å²) < 4.78 is 0. The second kappa shape index (κ2) is 5.00. The maximum atomic E-state index is 7.89. The van der Waals surface area contributed by atoms with Crippen LogP contribution in [0.5, 0.6) is 0 Å². The third kappa shape index (κ3) is 2.63. The van der Waals surface area contributed by atoms with E-state index in [1.807, 2.05) is 0 Å². The number of hydrogen-bond acceptors (Lipinski definition) is 3. The molecule has 2 aliphatic rings. The molecule has 1 aromatic heterocycles. The van der Waals surface area contributed by atoms with Gasteiger partial charge in [-0.05, 0) is 48.6 Å². The maximum absolute atomic E-state index is 7.89. The van der Waals surface area contributed by atoms with Crippen LogP contribution in [-0.4, -0.2) is 23.9 Å². The lowest BCUT2D eigenvalue weighted by Crippen LogP contribution is -2.29. The minimum Gasteiger partial charge on any atom is -0.384 e. The normalized spacial score (nSPS) is 21.7. The Balaban J connectivity index is 1.94. The average Bonchev–Trinajstić information content (AvgIpc) is 3.05. The van der Waals surface area contributed by atoms with E-state index in [1.165, 1.54) is 24.1 Å². The number of rotatable bonds is 2. The number of nitrogens with zero attached hydrogens (tertiary/aromatic N) is 2. The molecule has 1 fully saturated rings. The van der Waals surface area contributed by atoms with Gasteiger partial charge in [0.05, 0.1) is 5.56 Å². The van der Waals surface area contributed by atoms with Crippen molar-refractivity contribution in [1.29, 1.82) is 5.41 Å². The first-order valence-corrected chi connectivity index (χ1v) is 7.98. The van der Waals surface area contributed by atoms with Crippen LogP contribution in [0.4, 0.5) is 5.82 Å². The summed E-state index contributed by atoms with van der Waals surface area (Å²) in [5.74, 6) is 1.76. The van der Waals surface area contributed by atoms with Crippen LogP contribution in [0.1, 0.15) is 50.4 Å². The lowest BCUT2D eigenvalue weighted by Gasteiger charge is -2.28. The van der Waals surface area contributed by atoms with Crippen molar-refractivity contribution in [3.8, 4) is 0 Å². The smallest absolute Gasteiger partial charge is 0.139 e. The first-order valence-electron chi connectivity index (χ1n) is 7.98. The molecule has 1 aliphatic carbocycles. The third-order valence-corrected chi connectivity index (χ3v) is 5.03. The molecule has 0 amide bonds. The molecule has 4 heteroatoms. The summed E-state index contributed by atoms with van der Waals surface area (Å²) in [6.07, 6.45) is 4.51. The Morgan fingerprint density at radius 2 is 2.14 bits per heavy atom. The average molecular weight is 286 g/mol.